The Kier molecular flexibility index (Phi) is 5.69. The Hall–Kier alpha value is -3.67. The Morgan fingerprint density at radius 2 is 1.89 bits per heavy atom. The molecule has 1 fully saturated rings. The number of anilines is 1. The summed E-state index contributed by atoms with van der Waals surface area (Å²) in [6.07, 6.45) is 0. The number of nitriles is 1. The molecular weight excluding hydrogens is 367 g/mol. The maximum absolute atomic E-state index is 13.8. The quantitative estimate of drug-likeness (QED) is 0.579. The van der Waals surface area contributed by atoms with Crippen LogP contribution in [0.3, 0.4) is 0 Å². The summed E-state index contributed by atoms with van der Waals surface area (Å²) in [4.78, 5) is 26.2. The number of benzene rings is 2. The van der Waals surface area contributed by atoms with Crippen molar-refractivity contribution in [3.8, 4) is 11.8 Å². The summed E-state index contributed by atoms with van der Waals surface area (Å²) in [5.74, 6) is -0.827. The minimum atomic E-state index is -0.573. The number of para-hydroxylation sites is 2. The minimum absolute atomic E-state index is 0.0120. The highest BCUT2D eigenvalue weighted by atomic mass is 19.1. The van der Waals surface area contributed by atoms with Crippen molar-refractivity contribution in [2.24, 2.45) is 0 Å². The Morgan fingerprint density at radius 3 is 2.57 bits per heavy atom. The zero-order valence-electron chi connectivity index (χ0n) is 14.9. The average Bonchev–Trinajstić information content (AvgIpc) is 2.72. The van der Waals surface area contributed by atoms with Crippen molar-refractivity contribution in [1.29, 1.82) is 5.26 Å². The molecule has 0 radical (unpaired) electrons. The summed E-state index contributed by atoms with van der Waals surface area (Å²) in [6.45, 7) is 1.32. The van der Waals surface area contributed by atoms with Crippen LogP contribution in [0.5, 0.6) is 5.75 Å². The van der Waals surface area contributed by atoms with E-state index < -0.39 is 10.7 Å². The van der Waals surface area contributed by atoms with Crippen molar-refractivity contribution in [2.75, 3.05) is 37.7 Å². The Bertz CT molecular complexity index is 936. The Morgan fingerprint density at radius 1 is 1.18 bits per heavy atom. The van der Waals surface area contributed by atoms with E-state index in [-0.39, 0.29) is 29.5 Å². The van der Waals surface area contributed by atoms with Gasteiger partial charge < -0.3 is 14.5 Å². The lowest BCUT2D eigenvalue weighted by molar-refractivity contribution is -0.385. The second-order valence-electron chi connectivity index (χ2n) is 6.13. The largest absolute Gasteiger partial charge is 0.477 e. The van der Waals surface area contributed by atoms with Crippen molar-refractivity contribution in [1.82, 2.24) is 4.90 Å². The molecule has 1 amide bonds. The zero-order chi connectivity index (χ0) is 20.1. The number of piperazine rings is 1. The highest BCUT2D eigenvalue weighted by molar-refractivity contribution is 5.78. The third-order valence-electron chi connectivity index (χ3n) is 4.49. The van der Waals surface area contributed by atoms with E-state index in [0.717, 1.165) is 0 Å². The van der Waals surface area contributed by atoms with Gasteiger partial charge in [0.25, 0.3) is 5.91 Å². The van der Waals surface area contributed by atoms with E-state index in [9.17, 15) is 19.3 Å². The number of nitro benzene ring substituents is 1. The van der Waals surface area contributed by atoms with Crippen molar-refractivity contribution < 1.29 is 18.8 Å². The van der Waals surface area contributed by atoms with Crippen LogP contribution in [0.15, 0.2) is 42.5 Å². The predicted molar refractivity (Wildman–Crippen MR) is 98.5 cm³/mol. The maximum atomic E-state index is 13.8. The van der Waals surface area contributed by atoms with Crippen molar-refractivity contribution >= 4 is 17.3 Å². The molecule has 1 aliphatic rings. The van der Waals surface area contributed by atoms with Gasteiger partial charge in [-0.3, -0.25) is 14.9 Å². The molecule has 0 atom stereocenters. The monoisotopic (exact) mass is 384 g/mol. The number of amides is 1. The van der Waals surface area contributed by atoms with Crippen LogP contribution in [-0.2, 0) is 4.79 Å². The number of hydrogen-bond acceptors (Lipinski definition) is 6. The smallest absolute Gasteiger partial charge is 0.310 e. The van der Waals surface area contributed by atoms with E-state index in [1.807, 2.05) is 11.0 Å². The van der Waals surface area contributed by atoms with Gasteiger partial charge in [0.1, 0.15) is 17.4 Å². The van der Waals surface area contributed by atoms with E-state index in [2.05, 4.69) is 0 Å². The lowest BCUT2D eigenvalue weighted by atomic mass is 10.1. The van der Waals surface area contributed by atoms with Crippen LogP contribution in [-0.4, -0.2) is 48.5 Å². The molecule has 28 heavy (non-hydrogen) atoms. The standard InChI is InChI=1S/C19H17FN4O4/c20-15-4-3-6-16(14(15)12-21)22-8-10-23(11-9-22)19(25)13-28-18-7-2-1-5-17(18)24(26)27/h1-7H,8-11,13H2. The topological polar surface area (TPSA) is 99.7 Å². The molecule has 144 valence electrons. The van der Waals surface area contributed by atoms with E-state index in [0.29, 0.717) is 31.9 Å². The summed E-state index contributed by atoms with van der Waals surface area (Å²) in [6, 6.07) is 12.2. The fourth-order valence-electron chi connectivity index (χ4n) is 3.04. The van der Waals surface area contributed by atoms with Crippen LogP contribution in [0.4, 0.5) is 15.8 Å². The van der Waals surface area contributed by atoms with Crippen molar-refractivity contribution in [3.63, 3.8) is 0 Å². The number of rotatable bonds is 5. The zero-order valence-corrected chi connectivity index (χ0v) is 14.9. The highest BCUT2D eigenvalue weighted by Gasteiger charge is 2.24. The number of nitro groups is 1. The third kappa shape index (κ3) is 4.01. The van der Waals surface area contributed by atoms with Crippen molar-refractivity contribution in [3.05, 3.63) is 64.0 Å². The van der Waals surface area contributed by atoms with Crippen molar-refractivity contribution in [2.45, 2.75) is 0 Å². The molecule has 0 bridgehead atoms. The summed E-state index contributed by atoms with van der Waals surface area (Å²) in [7, 11) is 0. The normalized spacial score (nSPS) is 13.7. The number of nitrogens with zero attached hydrogens (tertiary/aromatic N) is 4. The molecule has 1 heterocycles. The van der Waals surface area contributed by atoms with Gasteiger partial charge >= 0.3 is 5.69 Å². The minimum Gasteiger partial charge on any atom is -0.477 e. The second kappa shape index (κ2) is 8.35. The molecule has 1 saturated heterocycles. The first kappa shape index (κ1) is 19.1. The maximum Gasteiger partial charge on any atom is 0.310 e. The van der Waals surface area contributed by atoms with Crippen LogP contribution < -0.4 is 9.64 Å². The number of halogens is 1. The predicted octanol–water partition coefficient (Wildman–Crippen LogP) is 2.33. The van der Waals surface area contributed by atoms with Gasteiger partial charge in [-0.1, -0.05) is 18.2 Å². The lowest BCUT2D eigenvalue weighted by Gasteiger charge is -2.36. The molecule has 2 aromatic rings. The van der Waals surface area contributed by atoms with Gasteiger partial charge in [-0.15, -0.1) is 0 Å². The summed E-state index contributed by atoms with van der Waals surface area (Å²) in [5, 5.41) is 20.2. The molecule has 0 aromatic heterocycles. The Labute approximate surface area is 160 Å². The van der Waals surface area contributed by atoms with Gasteiger partial charge in [0, 0.05) is 32.2 Å². The number of carbonyl (C=O) groups excluding carboxylic acids is 1. The van der Waals surface area contributed by atoms with E-state index in [1.165, 1.54) is 24.3 Å². The van der Waals surface area contributed by atoms with Crippen LogP contribution in [0, 0.1) is 27.3 Å². The third-order valence-corrected chi connectivity index (χ3v) is 4.49. The molecule has 1 aliphatic heterocycles. The second-order valence-corrected chi connectivity index (χ2v) is 6.13. The van der Waals surface area contributed by atoms with Crippen LogP contribution in [0.2, 0.25) is 0 Å². The fourth-order valence-corrected chi connectivity index (χ4v) is 3.04. The van der Waals surface area contributed by atoms with Gasteiger partial charge in [-0.2, -0.15) is 5.26 Å². The van der Waals surface area contributed by atoms with E-state index >= 15 is 0 Å². The van der Waals surface area contributed by atoms with Crippen LogP contribution in [0.25, 0.3) is 0 Å². The summed E-state index contributed by atoms with van der Waals surface area (Å²) < 4.78 is 19.1. The van der Waals surface area contributed by atoms with E-state index in [1.54, 1.807) is 23.1 Å². The average molecular weight is 384 g/mol. The van der Waals surface area contributed by atoms with Gasteiger partial charge in [0.2, 0.25) is 0 Å². The van der Waals surface area contributed by atoms with Gasteiger partial charge in [0.05, 0.1) is 10.6 Å². The van der Waals surface area contributed by atoms with E-state index in [4.69, 9.17) is 10.00 Å². The van der Waals surface area contributed by atoms with Crippen LogP contribution in [0.1, 0.15) is 5.56 Å². The van der Waals surface area contributed by atoms with Gasteiger partial charge in [-0.05, 0) is 18.2 Å². The molecule has 0 aliphatic carbocycles. The molecule has 0 unspecified atom stereocenters. The molecule has 2 aromatic carbocycles. The summed E-state index contributed by atoms with van der Waals surface area (Å²) in [5.41, 5.74) is 0.294. The molecule has 0 saturated carbocycles. The first-order chi connectivity index (χ1) is 13.5. The number of hydrogen-bond donors (Lipinski definition) is 0. The number of carbonyl (C=O) groups is 1. The SMILES string of the molecule is N#Cc1c(F)cccc1N1CCN(C(=O)COc2ccccc2[N+](=O)[O-])CC1. The molecular formula is C19H17FN4O4. The molecule has 0 spiro atoms. The molecule has 0 N–H and O–H groups in total. The summed E-state index contributed by atoms with van der Waals surface area (Å²) >= 11 is 0. The fraction of sp³-hybridized carbons (Fsp3) is 0.263. The lowest BCUT2D eigenvalue weighted by Crippen LogP contribution is -2.50. The highest BCUT2D eigenvalue weighted by Crippen LogP contribution is 2.26. The van der Waals surface area contributed by atoms with Crippen LogP contribution >= 0.6 is 0 Å². The number of ether oxygens (including phenoxy) is 1. The van der Waals surface area contributed by atoms with Gasteiger partial charge in [-0.25, -0.2) is 4.39 Å². The molecule has 9 heteroatoms. The first-order valence-electron chi connectivity index (χ1n) is 8.59. The first-order valence-corrected chi connectivity index (χ1v) is 8.59. The molecule has 3 rings (SSSR count). The van der Waals surface area contributed by atoms with Gasteiger partial charge in [0.15, 0.2) is 12.4 Å². The molecule has 8 nitrogen and oxygen atoms in total. The Balaban J connectivity index is 1.59.